The summed E-state index contributed by atoms with van der Waals surface area (Å²) < 4.78 is 23.6. The Morgan fingerprint density at radius 3 is 2.25 bits per heavy atom. The van der Waals surface area contributed by atoms with Gasteiger partial charge in [-0.25, -0.2) is 8.42 Å². The summed E-state index contributed by atoms with van der Waals surface area (Å²) in [6.45, 7) is 3.81. The SMILES string of the molecule is C=CS(=O)(=O)N1CCC(=O)CC1. The number of sulfonamides is 1. The predicted molar refractivity (Wildman–Crippen MR) is 44.9 cm³/mol. The molecule has 1 saturated heterocycles. The van der Waals surface area contributed by atoms with Crippen LogP contribution in [0.3, 0.4) is 0 Å². The van der Waals surface area contributed by atoms with Crippen LogP contribution in [0.1, 0.15) is 12.8 Å². The summed E-state index contributed by atoms with van der Waals surface area (Å²) in [5.41, 5.74) is 0. The Bertz CT molecular complexity index is 284. The van der Waals surface area contributed by atoms with Gasteiger partial charge in [-0.3, -0.25) is 4.79 Å². The van der Waals surface area contributed by atoms with Crippen LogP contribution in [-0.4, -0.2) is 31.6 Å². The molecule has 0 aromatic carbocycles. The summed E-state index contributed by atoms with van der Waals surface area (Å²) in [4.78, 5) is 10.8. The minimum Gasteiger partial charge on any atom is -0.300 e. The van der Waals surface area contributed by atoms with E-state index in [2.05, 4.69) is 6.58 Å². The minimum absolute atomic E-state index is 0.130. The lowest BCUT2D eigenvalue weighted by Crippen LogP contribution is -2.37. The summed E-state index contributed by atoms with van der Waals surface area (Å²) in [7, 11) is -3.30. The number of rotatable bonds is 2. The van der Waals surface area contributed by atoms with Gasteiger partial charge in [0.25, 0.3) is 0 Å². The van der Waals surface area contributed by atoms with E-state index in [0.29, 0.717) is 25.9 Å². The van der Waals surface area contributed by atoms with Crippen LogP contribution in [0.4, 0.5) is 0 Å². The number of piperidine rings is 1. The lowest BCUT2D eigenvalue weighted by Gasteiger charge is -2.23. The van der Waals surface area contributed by atoms with Crippen molar-refractivity contribution in [3.8, 4) is 0 Å². The maximum absolute atomic E-state index is 11.2. The van der Waals surface area contributed by atoms with Crippen LogP contribution in [0.15, 0.2) is 12.0 Å². The van der Waals surface area contributed by atoms with Gasteiger partial charge in [0.2, 0.25) is 10.0 Å². The zero-order valence-electron chi connectivity index (χ0n) is 6.69. The van der Waals surface area contributed by atoms with Crippen LogP contribution in [0, 0.1) is 0 Å². The Morgan fingerprint density at radius 1 is 1.33 bits per heavy atom. The average Bonchev–Trinajstić information content (AvgIpc) is 2.05. The molecule has 0 aliphatic carbocycles. The molecule has 0 spiro atoms. The highest BCUT2D eigenvalue weighted by Gasteiger charge is 2.23. The van der Waals surface area contributed by atoms with Crippen molar-refractivity contribution in [3.63, 3.8) is 0 Å². The zero-order valence-corrected chi connectivity index (χ0v) is 7.51. The number of Topliss-reactive ketones (excluding diaryl/α,β-unsaturated/α-hetero) is 1. The summed E-state index contributed by atoms with van der Waals surface area (Å²) >= 11 is 0. The average molecular weight is 189 g/mol. The second kappa shape index (κ2) is 3.37. The molecule has 0 aromatic heterocycles. The van der Waals surface area contributed by atoms with Gasteiger partial charge in [-0.2, -0.15) is 4.31 Å². The first-order chi connectivity index (χ1) is 5.56. The van der Waals surface area contributed by atoms with Crippen LogP contribution >= 0.6 is 0 Å². The summed E-state index contributed by atoms with van der Waals surface area (Å²) in [6.07, 6.45) is 0.653. The van der Waals surface area contributed by atoms with E-state index in [-0.39, 0.29) is 5.78 Å². The van der Waals surface area contributed by atoms with Gasteiger partial charge in [0.15, 0.2) is 0 Å². The molecule has 1 aliphatic heterocycles. The Labute approximate surface area is 71.9 Å². The molecule has 12 heavy (non-hydrogen) atoms. The number of ketones is 1. The summed E-state index contributed by atoms with van der Waals surface area (Å²) in [6, 6.07) is 0. The topological polar surface area (TPSA) is 54.5 Å². The largest absolute Gasteiger partial charge is 0.300 e. The number of hydrogen-bond donors (Lipinski definition) is 0. The van der Waals surface area contributed by atoms with E-state index < -0.39 is 10.0 Å². The van der Waals surface area contributed by atoms with Gasteiger partial charge in [-0.05, 0) is 0 Å². The number of hydrogen-bond acceptors (Lipinski definition) is 3. The fourth-order valence-corrected chi connectivity index (χ4v) is 2.00. The van der Waals surface area contributed by atoms with E-state index in [9.17, 15) is 13.2 Å². The highest BCUT2D eigenvalue weighted by atomic mass is 32.2. The van der Waals surface area contributed by atoms with Crippen molar-refractivity contribution in [3.05, 3.63) is 12.0 Å². The highest BCUT2D eigenvalue weighted by Crippen LogP contribution is 2.11. The number of carbonyl (C=O) groups excluding carboxylic acids is 1. The smallest absolute Gasteiger partial charge is 0.235 e. The third-order valence-electron chi connectivity index (χ3n) is 1.85. The van der Waals surface area contributed by atoms with Crippen LogP contribution in [0.5, 0.6) is 0 Å². The molecule has 0 unspecified atom stereocenters. The number of carbonyl (C=O) groups is 1. The van der Waals surface area contributed by atoms with Crippen molar-refractivity contribution in [2.45, 2.75) is 12.8 Å². The maximum atomic E-state index is 11.2. The Morgan fingerprint density at radius 2 is 1.83 bits per heavy atom. The first-order valence-electron chi connectivity index (χ1n) is 3.70. The Balaban J connectivity index is 2.68. The van der Waals surface area contributed by atoms with Crippen molar-refractivity contribution in [1.29, 1.82) is 0 Å². The minimum atomic E-state index is -3.30. The molecule has 1 rings (SSSR count). The van der Waals surface area contributed by atoms with E-state index in [4.69, 9.17) is 0 Å². The van der Waals surface area contributed by atoms with Gasteiger partial charge in [0.05, 0.1) is 0 Å². The summed E-state index contributed by atoms with van der Waals surface area (Å²) in [5, 5.41) is 0.919. The lowest BCUT2D eigenvalue weighted by molar-refractivity contribution is -0.120. The fourth-order valence-electron chi connectivity index (χ4n) is 1.10. The second-order valence-corrected chi connectivity index (χ2v) is 4.53. The lowest BCUT2D eigenvalue weighted by atomic mass is 10.1. The van der Waals surface area contributed by atoms with Crippen LogP contribution < -0.4 is 0 Å². The third kappa shape index (κ3) is 1.92. The maximum Gasteiger partial charge on any atom is 0.235 e. The molecule has 0 amide bonds. The molecule has 0 atom stereocenters. The second-order valence-electron chi connectivity index (χ2n) is 2.65. The fraction of sp³-hybridized carbons (Fsp3) is 0.571. The molecule has 4 nitrogen and oxygen atoms in total. The quantitative estimate of drug-likeness (QED) is 0.620. The molecule has 0 saturated carbocycles. The van der Waals surface area contributed by atoms with Crippen LogP contribution in [-0.2, 0) is 14.8 Å². The van der Waals surface area contributed by atoms with Gasteiger partial charge in [-0.15, -0.1) is 0 Å². The Hall–Kier alpha value is -0.680. The monoisotopic (exact) mass is 189 g/mol. The third-order valence-corrected chi connectivity index (χ3v) is 3.36. The predicted octanol–water partition coefficient (Wildman–Crippen LogP) is 0.125. The molecule has 5 heteroatoms. The van der Waals surface area contributed by atoms with Gasteiger partial charge in [0, 0.05) is 31.3 Å². The molecular weight excluding hydrogens is 178 g/mol. The Kier molecular flexibility index (Phi) is 2.64. The molecule has 0 aromatic rings. The van der Waals surface area contributed by atoms with Gasteiger partial charge < -0.3 is 0 Å². The highest BCUT2D eigenvalue weighted by molar-refractivity contribution is 7.92. The van der Waals surface area contributed by atoms with E-state index in [0.717, 1.165) is 5.41 Å². The van der Waals surface area contributed by atoms with E-state index >= 15 is 0 Å². The molecule has 68 valence electrons. The van der Waals surface area contributed by atoms with Crippen molar-refractivity contribution >= 4 is 15.8 Å². The molecule has 0 N–H and O–H groups in total. The van der Waals surface area contributed by atoms with E-state index in [1.807, 2.05) is 0 Å². The molecule has 1 fully saturated rings. The van der Waals surface area contributed by atoms with Crippen molar-refractivity contribution in [2.75, 3.05) is 13.1 Å². The van der Waals surface area contributed by atoms with Crippen molar-refractivity contribution in [2.24, 2.45) is 0 Å². The molecule has 1 aliphatic rings. The van der Waals surface area contributed by atoms with Crippen LogP contribution in [0.25, 0.3) is 0 Å². The molecule has 0 radical (unpaired) electrons. The normalized spacial score (nSPS) is 20.8. The van der Waals surface area contributed by atoms with Crippen LogP contribution in [0.2, 0.25) is 0 Å². The first-order valence-corrected chi connectivity index (χ1v) is 5.21. The van der Waals surface area contributed by atoms with Gasteiger partial charge >= 0.3 is 0 Å². The molecule has 1 heterocycles. The first kappa shape index (κ1) is 9.41. The van der Waals surface area contributed by atoms with Gasteiger partial charge in [0.1, 0.15) is 5.78 Å². The van der Waals surface area contributed by atoms with Crippen molar-refractivity contribution < 1.29 is 13.2 Å². The summed E-state index contributed by atoms with van der Waals surface area (Å²) in [5.74, 6) is 0.130. The zero-order chi connectivity index (χ0) is 9.19. The van der Waals surface area contributed by atoms with Crippen molar-refractivity contribution in [1.82, 2.24) is 4.31 Å². The van der Waals surface area contributed by atoms with E-state index in [1.54, 1.807) is 0 Å². The number of nitrogens with zero attached hydrogens (tertiary/aromatic N) is 1. The standard InChI is InChI=1S/C7H11NO3S/c1-2-12(10,11)8-5-3-7(9)4-6-8/h2H,1,3-6H2. The molecular formula is C7H11NO3S. The molecule has 0 bridgehead atoms. The van der Waals surface area contributed by atoms with E-state index in [1.165, 1.54) is 4.31 Å². The van der Waals surface area contributed by atoms with Gasteiger partial charge in [-0.1, -0.05) is 6.58 Å².